The Balaban J connectivity index is 0.00000324. The van der Waals surface area contributed by atoms with E-state index in [-0.39, 0.29) is 24.0 Å². The summed E-state index contributed by atoms with van der Waals surface area (Å²) in [5, 5.41) is 7.04. The van der Waals surface area contributed by atoms with Crippen LogP contribution in [0.3, 0.4) is 0 Å². The van der Waals surface area contributed by atoms with Crippen LogP contribution in [0.15, 0.2) is 72.0 Å². The fourth-order valence-corrected chi connectivity index (χ4v) is 4.28. The van der Waals surface area contributed by atoms with Crippen molar-refractivity contribution < 1.29 is 4.74 Å². The van der Waals surface area contributed by atoms with Crippen LogP contribution in [0.1, 0.15) is 31.2 Å². The van der Waals surface area contributed by atoms with Gasteiger partial charge >= 0.3 is 0 Å². The number of halogens is 1. The topological polar surface area (TPSA) is 66.7 Å². The minimum absolute atomic E-state index is 0. The predicted molar refractivity (Wildman–Crippen MR) is 149 cm³/mol. The van der Waals surface area contributed by atoms with E-state index >= 15 is 0 Å². The number of guanidine groups is 1. The molecular formula is C26H35IN6O. The van der Waals surface area contributed by atoms with E-state index in [1.807, 2.05) is 30.6 Å². The van der Waals surface area contributed by atoms with Crippen LogP contribution in [0.2, 0.25) is 0 Å². The van der Waals surface area contributed by atoms with Crippen molar-refractivity contribution in [1.82, 2.24) is 20.2 Å². The van der Waals surface area contributed by atoms with E-state index in [0.29, 0.717) is 12.6 Å². The van der Waals surface area contributed by atoms with Crippen LogP contribution in [0.5, 0.6) is 5.75 Å². The van der Waals surface area contributed by atoms with Crippen molar-refractivity contribution >= 4 is 35.6 Å². The summed E-state index contributed by atoms with van der Waals surface area (Å²) in [6, 6.07) is 19.0. The third-order valence-electron chi connectivity index (χ3n) is 5.91. The fraction of sp³-hybridized carbons (Fsp3) is 0.385. The van der Waals surface area contributed by atoms with Gasteiger partial charge in [-0.3, -0.25) is 0 Å². The second kappa shape index (κ2) is 13.2. The van der Waals surface area contributed by atoms with Crippen molar-refractivity contribution in [1.29, 1.82) is 0 Å². The smallest absolute Gasteiger partial charge is 0.191 e. The van der Waals surface area contributed by atoms with E-state index in [2.05, 4.69) is 68.4 Å². The van der Waals surface area contributed by atoms with Gasteiger partial charge in [0.05, 0.1) is 12.8 Å². The molecule has 3 aromatic rings. The molecule has 2 heterocycles. The molecule has 1 aliphatic rings. The monoisotopic (exact) mass is 574 g/mol. The highest BCUT2D eigenvalue weighted by atomic mass is 127. The number of rotatable bonds is 8. The Kier molecular flexibility index (Phi) is 10.1. The van der Waals surface area contributed by atoms with Crippen molar-refractivity contribution in [2.45, 2.75) is 38.9 Å². The molecule has 7 nitrogen and oxygen atoms in total. The first-order valence-electron chi connectivity index (χ1n) is 11.7. The van der Waals surface area contributed by atoms with Gasteiger partial charge in [0.25, 0.3) is 0 Å². The molecule has 2 N–H and O–H groups in total. The van der Waals surface area contributed by atoms with Crippen molar-refractivity contribution in [3.8, 4) is 5.75 Å². The van der Waals surface area contributed by atoms with Crippen molar-refractivity contribution in [3.63, 3.8) is 0 Å². The van der Waals surface area contributed by atoms with Crippen LogP contribution in [-0.4, -0.2) is 48.3 Å². The molecule has 8 heteroatoms. The lowest BCUT2D eigenvalue weighted by molar-refractivity contribution is 0.408. The Morgan fingerprint density at radius 2 is 1.94 bits per heavy atom. The number of piperidine rings is 1. The number of imidazole rings is 1. The Bertz CT molecular complexity index is 1040. The Labute approximate surface area is 219 Å². The fourth-order valence-electron chi connectivity index (χ4n) is 4.28. The lowest BCUT2D eigenvalue weighted by Crippen LogP contribution is -2.51. The normalized spacial score (nSPS) is 16.0. The highest BCUT2D eigenvalue weighted by Gasteiger charge is 2.23. The van der Waals surface area contributed by atoms with Crippen LogP contribution in [-0.2, 0) is 13.1 Å². The summed E-state index contributed by atoms with van der Waals surface area (Å²) < 4.78 is 7.74. The van der Waals surface area contributed by atoms with Gasteiger partial charge in [0.1, 0.15) is 18.1 Å². The number of nitrogens with one attached hydrogen (secondary N) is 2. The molecule has 1 aromatic heterocycles. The zero-order valence-corrected chi connectivity index (χ0v) is 22.3. The van der Waals surface area contributed by atoms with Crippen molar-refractivity contribution in [2.24, 2.45) is 4.99 Å². The molecule has 0 aliphatic carbocycles. The quantitative estimate of drug-likeness (QED) is 0.239. The van der Waals surface area contributed by atoms with Crippen LogP contribution >= 0.6 is 24.0 Å². The van der Waals surface area contributed by atoms with Gasteiger partial charge in [0, 0.05) is 44.6 Å². The van der Waals surface area contributed by atoms with Crippen LogP contribution < -0.4 is 20.3 Å². The standard InChI is InChI=1S/C26H34N6O.HI/c1-3-27-26(29-18-25-28-15-17-32(25)19-21-10-5-4-6-11-21)30-22-12-9-16-31(20-22)23-13-7-8-14-24(23)33-2;/h4-8,10-11,13-15,17,22H,3,9,12,16,18-20H2,1-2H3,(H2,27,29,30);1H. The molecular weight excluding hydrogens is 539 g/mol. The third-order valence-corrected chi connectivity index (χ3v) is 5.91. The summed E-state index contributed by atoms with van der Waals surface area (Å²) in [5.41, 5.74) is 2.40. The van der Waals surface area contributed by atoms with Gasteiger partial charge in [-0.15, -0.1) is 24.0 Å². The highest BCUT2D eigenvalue weighted by Crippen LogP contribution is 2.29. The van der Waals surface area contributed by atoms with E-state index < -0.39 is 0 Å². The lowest BCUT2D eigenvalue weighted by Gasteiger charge is -2.36. The first kappa shape index (κ1) is 25.9. The number of para-hydroxylation sites is 2. The first-order valence-corrected chi connectivity index (χ1v) is 11.7. The average Bonchev–Trinajstić information content (AvgIpc) is 3.30. The minimum Gasteiger partial charge on any atom is -0.495 e. The third kappa shape index (κ3) is 6.88. The molecule has 182 valence electrons. The summed E-state index contributed by atoms with van der Waals surface area (Å²) in [4.78, 5) is 11.8. The molecule has 34 heavy (non-hydrogen) atoms. The van der Waals surface area contributed by atoms with Crippen molar-refractivity contribution in [2.75, 3.05) is 31.6 Å². The number of aliphatic imine (C=N–C) groups is 1. The van der Waals surface area contributed by atoms with Gasteiger partial charge < -0.3 is 24.8 Å². The zero-order chi connectivity index (χ0) is 22.9. The molecule has 4 rings (SSSR count). The Morgan fingerprint density at radius 3 is 2.74 bits per heavy atom. The zero-order valence-electron chi connectivity index (χ0n) is 20.0. The van der Waals surface area contributed by atoms with E-state index in [4.69, 9.17) is 9.73 Å². The summed E-state index contributed by atoms with van der Waals surface area (Å²) >= 11 is 0. The number of methoxy groups -OCH3 is 1. The number of nitrogens with zero attached hydrogens (tertiary/aromatic N) is 4. The molecule has 0 bridgehead atoms. The second-order valence-electron chi connectivity index (χ2n) is 8.25. The summed E-state index contributed by atoms with van der Waals surface area (Å²) in [6.45, 7) is 6.17. The summed E-state index contributed by atoms with van der Waals surface area (Å²) in [7, 11) is 1.73. The largest absolute Gasteiger partial charge is 0.495 e. The molecule has 1 fully saturated rings. The number of aromatic nitrogens is 2. The highest BCUT2D eigenvalue weighted by molar-refractivity contribution is 14.0. The number of hydrogen-bond donors (Lipinski definition) is 2. The first-order chi connectivity index (χ1) is 16.3. The van der Waals surface area contributed by atoms with Gasteiger partial charge in [-0.05, 0) is 37.5 Å². The average molecular weight is 575 g/mol. The molecule has 1 saturated heterocycles. The predicted octanol–water partition coefficient (Wildman–Crippen LogP) is 4.28. The number of hydrogen-bond acceptors (Lipinski definition) is 4. The maximum Gasteiger partial charge on any atom is 0.191 e. The molecule has 2 aromatic carbocycles. The molecule has 0 amide bonds. The minimum atomic E-state index is 0. The summed E-state index contributed by atoms with van der Waals surface area (Å²) in [5.74, 6) is 2.71. The van der Waals surface area contributed by atoms with Gasteiger partial charge in [-0.2, -0.15) is 0 Å². The van der Waals surface area contributed by atoms with Crippen LogP contribution in [0, 0.1) is 0 Å². The van der Waals surface area contributed by atoms with Gasteiger partial charge in [0.15, 0.2) is 5.96 Å². The van der Waals surface area contributed by atoms with E-state index in [1.165, 1.54) is 5.56 Å². The molecule has 0 radical (unpaired) electrons. The van der Waals surface area contributed by atoms with Gasteiger partial charge in [-0.1, -0.05) is 42.5 Å². The Morgan fingerprint density at radius 1 is 1.15 bits per heavy atom. The van der Waals surface area contributed by atoms with Crippen LogP contribution in [0.4, 0.5) is 5.69 Å². The number of ether oxygens (including phenoxy) is 1. The summed E-state index contributed by atoms with van der Waals surface area (Å²) in [6.07, 6.45) is 6.10. The molecule has 0 spiro atoms. The lowest BCUT2D eigenvalue weighted by atomic mass is 10.0. The molecule has 1 atom stereocenters. The second-order valence-corrected chi connectivity index (χ2v) is 8.25. The van der Waals surface area contributed by atoms with E-state index in [1.54, 1.807) is 7.11 Å². The van der Waals surface area contributed by atoms with Crippen LogP contribution in [0.25, 0.3) is 0 Å². The Hall–Kier alpha value is -2.75. The number of anilines is 1. The van der Waals surface area contributed by atoms with Gasteiger partial charge in [0.2, 0.25) is 0 Å². The molecule has 0 saturated carbocycles. The maximum absolute atomic E-state index is 5.58. The maximum atomic E-state index is 5.58. The van der Waals surface area contributed by atoms with E-state index in [0.717, 1.165) is 62.2 Å². The van der Waals surface area contributed by atoms with Crippen molar-refractivity contribution in [3.05, 3.63) is 78.4 Å². The molecule has 1 aliphatic heterocycles. The SMILES string of the molecule is CCNC(=NCc1nccn1Cc1ccccc1)NC1CCCN(c2ccccc2OC)C1.I. The molecule has 1 unspecified atom stereocenters. The number of benzene rings is 2. The van der Waals surface area contributed by atoms with E-state index in [9.17, 15) is 0 Å². The van der Waals surface area contributed by atoms with Gasteiger partial charge in [-0.25, -0.2) is 9.98 Å².